The Bertz CT molecular complexity index is 291. The van der Waals surface area contributed by atoms with E-state index in [4.69, 9.17) is 4.74 Å². The van der Waals surface area contributed by atoms with Crippen LogP contribution >= 0.6 is 0 Å². The lowest BCUT2D eigenvalue weighted by molar-refractivity contribution is 0.0467. The number of ether oxygens (including phenoxy) is 1. The van der Waals surface area contributed by atoms with Crippen molar-refractivity contribution in [2.24, 2.45) is 11.8 Å². The zero-order chi connectivity index (χ0) is 13.8. The smallest absolute Gasteiger partial charge is 0.409 e. The van der Waals surface area contributed by atoms with E-state index in [0.717, 1.165) is 37.8 Å². The summed E-state index contributed by atoms with van der Waals surface area (Å²) in [6.45, 7) is 11.2. The van der Waals surface area contributed by atoms with Crippen LogP contribution in [-0.4, -0.2) is 54.7 Å². The van der Waals surface area contributed by atoms with E-state index in [1.54, 1.807) is 0 Å². The number of amides is 1. The van der Waals surface area contributed by atoms with Crippen LogP contribution in [0.5, 0.6) is 0 Å². The third-order valence-corrected chi connectivity index (χ3v) is 4.40. The molecule has 0 aromatic carbocycles. The number of hydrogen-bond acceptors (Lipinski definition) is 3. The van der Waals surface area contributed by atoms with Gasteiger partial charge in [0.25, 0.3) is 0 Å². The SMILES string of the molecule is CCOC(=O)N1CCC(N2CC(C)CC(C)C2)CC1. The number of nitrogens with zero attached hydrogens (tertiary/aromatic N) is 2. The summed E-state index contributed by atoms with van der Waals surface area (Å²) in [6, 6.07) is 0.663. The molecule has 4 nitrogen and oxygen atoms in total. The standard InChI is InChI=1S/C15H28N2O2/c1-4-19-15(18)16-7-5-14(6-8-16)17-10-12(2)9-13(3)11-17/h12-14H,4-11H2,1-3H3. The molecule has 0 spiro atoms. The first-order valence-corrected chi connectivity index (χ1v) is 7.75. The molecule has 0 aromatic heterocycles. The summed E-state index contributed by atoms with van der Waals surface area (Å²) in [5, 5.41) is 0. The Balaban J connectivity index is 1.81. The van der Waals surface area contributed by atoms with E-state index in [2.05, 4.69) is 18.7 Å². The Morgan fingerprint density at radius 1 is 1.16 bits per heavy atom. The van der Waals surface area contributed by atoms with Crippen LogP contribution in [0.2, 0.25) is 0 Å². The Hall–Kier alpha value is -0.770. The molecule has 2 aliphatic rings. The van der Waals surface area contributed by atoms with Gasteiger partial charge in [0.15, 0.2) is 0 Å². The fourth-order valence-electron chi connectivity index (χ4n) is 3.64. The van der Waals surface area contributed by atoms with E-state index in [1.807, 2.05) is 11.8 Å². The van der Waals surface area contributed by atoms with Crippen LogP contribution in [0.25, 0.3) is 0 Å². The molecule has 0 saturated carbocycles. The molecule has 19 heavy (non-hydrogen) atoms. The predicted molar refractivity (Wildman–Crippen MR) is 76.1 cm³/mol. The summed E-state index contributed by atoms with van der Waals surface area (Å²) in [4.78, 5) is 16.2. The highest BCUT2D eigenvalue weighted by atomic mass is 16.6. The molecule has 1 amide bonds. The first-order valence-electron chi connectivity index (χ1n) is 7.75. The molecule has 2 saturated heterocycles. The maximum atomic E-state index is 11.7. The molecule has 2 aliphatic heterocycles. The summed E-state index contributed by atoms with van der Waals surface area (Å²) in [7, 11) is 0. The van der Waals surface area contributed by atoms with Gasteiger partial charge in [-0.05, 0) is 38.0 Å². The minimum Gasteiger partial charge on any atom is -0.450 e. The number of carbonyl (C=O) groups excluding carboxylic acids is 1. The highest BCUT2D eigenvalue weighted by molar-refractivity contribution is 5.67. The number of piperidine rings is 2. The second kappa shape index (κ2) is 6.60. The number of hydrogen-bond donors (Lipinski definition) is 0. The molecule has 2 rings (SSSR count). The molecule has 2 atom stereocenters. The van der Waals surface area contributed by atoms with Crippen molar-refractivity contribution in [3.63, 3.8) is 0 Å². The molecule has 0 aliphatic carbocycles. The maximum absolute atomic E-state index is 11.7. The average molecular weight is 268 g/mol. The minimum absolute atomic E-state index is 0.138. The predicted octanol–water partition coefficient (Wildman–Crippen LogP) is 2.59. The Morgan fingerprint density at radius 2 is 1.74 bits per heavy atom. The van der Waals surface area contributed by atoms with Gasteiger partial charge < -0.3 is 9.64 Å². The van der Waals surface area contributed by atoms with Crippen LogP contribution < -0.4 is 0 Å². The van der Waals surface area contributed by atoms with E-state index in [0.29, 0.717) is 12.6 Å². The number of rotatable bonds is 2. The van der Waals surface area contributed by atoms with Crippen LogP contribution in [-0.2, 0) is 4.74 Å². The molecular formula is C15H28N2O2. The van der Waals surface area contributed by atoms with E-state index in [9.17, 15) is 4.79 Å². The molecule has 2 unspecified atom stereocenters. The fourth-order valence-corrected chi connectivity index (χ4v) is 3.64. The monoisotopic (exact) mass is 268 g/mol. The highest BCUT2D eigenvalue weighted by Gasteiger charge is 2.31. The zero-order valence-corrected chi connectivity index (χ0v) is 12.6. The van der Waals surface area contributed by atoms with Gasteiger partial charge in [-0.15, -0.1) is 0 Å². The summed E-state index contributed by atoms with van der Waals surface area (Å²) in [5.74, 6) is 1.62. The van der Waals surface area contributed by atoms with Gasteiger partial charge >= 0.3 is 6.09 Å². The van der Waals surface area contributed by atoms with Gasteiger partial charge in [-0.2, -0.15) is 0 Å². The van der Waals surface area contributed by atoms with Crippen molar-refractivity contribution in [3.8, 4) is 0 Å². The van der Waals surface area contributed by atoms with Crippen molar-refractivity contribution in [2.45, 2.75) is 46.1 Å². The number of likely N-dealkylation sites (tertiary alicyclic amines) is 2. The average Bonchev–Trinajstić information content (AvgIpc) is 2.38. The molecule has 0 radical (unpaired) electrons. The lowest BCUT2D eigenvalue weighted by Crippen LogP contribution is -2.50. The van der Waals surface area contributed by atoms with Crippen molar-refractivity contribution < 1.29 is 9.53 Å². The fraction of sp³-hybridized carbons (Fsp3) is 0.933. The molecule has 4 heteroatoms. The first-order chi connectivity index (χ1) is 9.10. The Labute approximate surface area is 117 Å². The maximum Gasteiger partial charge on any atom is 0.409 e. The summed E-state index contributed by atoms with van der Waals surface area (Å²) in [6.07, 6.45) is 3.41. The van der Waals surface area contributed by atoms with Crippen molar-refractivity contribution in [2.75, 3.05) is 32.8 Å². The molecule has 2 fully saturated rings. The molecule has 0 N–H and O–H groups in total. The van der Waals surface area contributed by atoms with Gasteiger partial charge in [0.1, 0.15) is 0 Å². The van der Waals surface area contributed by atoms with Crippen molar-refractivity contribution in [1.29, 1.82) is 0 Å². The van der Waals surface area contributed by atoms with Gasteiger partial charge in [0, 0.05) is 32.2 Å². The lowest BCUT2D eigenvalue weighted by atomic mass is 9.89. The minimum atomic E-state index is -0.138. The van der Waals surface area contributed by atoms with Crippen molar-refractivity contribution >= 4 is 6.09 Å². The van der Waals surface area contributed by atoms with E-state index in [1.165, 1.54) is 19.5 Å². The van der Waals surface area contributed by atoms with Gasteiger partial charge in [-0.25, -0.2) is 4.79 Å². The molecule has 0 bridgehead atoms. The Kier molecular flexibility index (Phi) is 5.08. The zero-order valence-electron chi connectivity index (χ0n) is 12.6. The highest BCUT2D eigenvalue weighted by Crippen LogP contribution is 2.26. The van der Waals surface area contributed by atoms with Crippen LogP contribution in [0.3, 0.4) is 0 Å². The molecular weight excluding hydrogens is 240 g/mol. The summed E-state index contributed by atoms with van der Waals surface area (Å²) in [5.41, 5.74) is 0. The third-order valence-electron chi connectivity index (χ3n) is 4.40. The number of carbonyl (C=O) groups is 1. The summed E-state index contributed by atoms with van der Waals surface area (Å²) >= 11 is 0. The molecule has 0 aromatic rings. The van der Waals surface area contributed by atoms with Crippen molar-refractivity contribution in [3.05, 3.63) is 0 Å². The van der Waals surface area contributed by atoms with E-state index in [-0.39, 0.29) is 6.09 Å². The Morgan fingerprint density at radius 3 is 2.26 bits per heavy atom. The van der Waals surface area contributed by atoms with E-state index < -0.39 is 0 Å². The lowest BCUT2D eigenvalue weighted by Gasteiger charge is -2.43. The van der Waals surface area contributed by atoms with Crippen LogP contribution in [0.15, 0.2) is 0 Å². The largest absolute Gasteiger partial charge is 0.450 e. The van der Waals surface area contributed by atoms with Gasteiger partial charge in [-0.1, -0.05) is 13.8 Å². The van der Waals surface area contributed by atoms with Crippen LogP contribution in [0.4, 0.5) is 4.79 Å². The first kappa shape index (κ1) is 14.6. The normalized spacial score (nSPS) is 30.4. The van der Waals surface area contributed by atoms with Crippen molar-refractivity contribution in [1.82, 2.24) is 9.80 Å². The van der Waals surface area contributed by atoms with Crippen LogP contribution in [0, 0.1) is 11.8 Å². The van der Waals surface area contributed by atoms with Gasteiger partial charge in [0.05, 0.1) is 6.61 Å². The second-order valence-corrected chi connectivity index (χ2v) is 6.32. The van der Waals surface area contributed by atoms with Gasteiger partial charge in [0.2, 0.25) is 0 Å². The van der Waals surface area contributed by atoms with Gasteiger partial charge in [-0.3, -0.25) is 4.90 Å². The summed E-state index contributed by atoms with van der Waals surface area (Å²) < 4.78 is 5.07. The van der Waals surface area contributed by atoms with E-state index >= 15 is 0 Å². The topological polar surface area (TPSA) is 32.8 Å². The molecule has 110 valence electrons. The quantitative estimate of drug-likeness (QED) is 0.771. The second-order valence-electron chi connectivity index (χ2n) is 6.32. The van der Waals surface area contributed by atoms with Crippen LogP contribution in [0.1, 0.15) is 40.0 Å². The molecule has 2 heterocycles. The third kappa shape index (κ3) is 3.85.